The van der Waals surface area contributed by atoms with Crippen molar-refractivity contribution in [2.24, 2.45) is 0 Å². The fraction of sp³-hybridized carbons (Fsp3) is 0.292. The lowest BCUT2D eigenvalue weighted by Gasteiger charge is -2.14. The number of aromatic nitrogens is 2. The van der Waals surface area contributed by atoms with Crippen molar-refractivity contribution in [3.8, 4) is 22.9 Å². The number of hydrogen-bond acceptors (Lipinski definition) is 7. The van der Waals surface area contributed by atoms with Crippen molar-refractivity contribution in [1.29, 1.82) is 0 Å². The summed E-state index contributed by atoms with van der Waals surface area (Å²) < 4.78 is 22.7. The number of carbonyl (C=O) groups is 2. The summed E-state index contributed by atoms with van der Waals surface area (Å²) in [6.07, 6.45) is 1.48. The van der Waals surface area contributed by atoms with E-state index in [9.17, 15) is 9.59 Å². The van der Waals surface area contributed by atoms with Gasteiger partial charge in [0.05, 0.1) is 45.5 Å². The zero-order chi connectivity index (χ0) is 24.0. The minimum atomic E-state index is -0.413. The first kappa shape index (κ1) is 23.6. The standard InChI is InChI=1S/C24H27N3O6/c1-6-33-24(29)19-14-26-27(15(19)2)18-9-7-17(8-10-18)23(28)25-13-16-11-20(30-3)22(32-5)21(12-16)31-4/h7-12,14H,6,13H2,1-5H3,(H,25,28). The van der Waals surface area contributed by atoms with Crippen LogP contribution >= 0.6 is 0 Å². The van der Waals surface area contributed by atoms with Gasteiger partial charge in [0, 0.05) is 12.1 Å². The van der Waals surface area contributed by atoms with Crippen LogP contribution in [-0.4, -0.2) is 49.6 Å². The second-order valence-electron chi connectivity index (χ2n) is 7.04. The van der Waals surface area contributed by atoms with Crippen LogP contribution in [0.1, 0.15) is 38.9 Å². The number of hydrogen-bond donors (Lipinski definition) is 1. The third-order valence-electron chi connectivity index (χ3n) is 5.06. The van der Waals surface area contributed by atoms with E-state index in [-0.39, 0.29) is 12.5 Å². The van der Waals surface area contributed by atoms with E-state index in [2.05, 4.69) is 10.4 Å². The lowest BCUT2D eigenvalue weighted by atomic mass is 10.1. The van der Waals surface area contributed by atoms with Gasteiger partial charge in [-0.1, -0.05) is 0 Å². The maximum atomic E-state index is 12.6. The Morgan fingerprint density at radius 1 is 1.00 bits per heavy atom. The van der Waals surface area contributed by atoms with Crippen molar-refractivity contribution in [3.63, 3.8) is 0 Å². The molecule has 9 nitrogen and oxygen atoms in total. The molecule has 0 aliphatic rings. The Kier molecular flexibility index (Phi) is 7.55. The number of carbonyl (C=O) groups excluding carboxylic acids is 2. The van der Waals surface area contributed by atoms with E-state index >= 15 is 0 Å². The largest absolute Gasteiger partial charge is 0.493 e. The molecule has 9 heteroatoms. The van der Waals surface area contributed by atoms with Gasteiger partial charge in [0.2, 0.25) is 5.75 Å². The van der Waals surface area contributed by atoms with Crippen molar-refractivity contribution < 1.29 is 28.5 Å². The molecule has 0 saturated heterocycles. The van der Waals surface area contributed by atoms with Crippen molar-refractivity contribution in [2.75, 3.05) is 27.9 Å². The maximum absolute atomic E-state index is 12.6. The molecule has 0 spiro atoms. The summed E-state index contributed by atoms with van der Waals surface area (Å²) in [6, 6.07) is 10.5. The summed E-state index contributed by atoms with van der Waals surface area (Å²) in [6.45, 7) is 4.11. The van der Waals surface area contributed by atoms with Gasteiger partial charge < -0.3 is 24.3 Å². The van der Waals surface area contributed by atoms with Gasteiger partial charge in [0.25, 0.3) is 5.91 Å². The zero-order valence-electron chi connectivity index (χ0n) is 19.3. The normalized spacial score (nSPS) is 10.5. The van der Waals surface area contributed by atoms with Crippen LogP contribution in [0.3, 0.4) is 0 Å². The highest BCUT2D eigenvalue weighted by molar-refractivity contribution is 5.94. The number of nitrogens with zero attached hydrogens (tertiary/aromatic N) is 2. The second kappa shape index (κ2) is 10.5. The molecule has 1 N–H and O–H groups in total. The fourth-order valence-electron chi connectivity index (χ4n) is 3.36. The molecule has 174 valence electrons. The van der Waals surface area contributed by atoms with E-state index in [0.717, 1.165) is 11.3 Å². The van der Waals surface area contributed by atoms with E-state index in [1.54, 1.807) is 54.9 Å². The van der Waals surface area contributed by atoms with Crippen LogP contribution < -0.4 is 19.5 Å². The molecule has 1 amide bonds. The smallest absolute Gasteiger partial charge is 0.341 e. The maximum Gasteiger partial charge on any atom is 0.341 e. The Hall–Kier alpha value is -4.01. The summed E-state index contributed by atoms with van der Waals surface area (Å²) in [5, 5.41) is 7.15. The number of rotatable bonds is 9. The van der Waals surface area contributed by atoms with Crippen LogP contribution in [0.2, 0.25) is 0 Å². The lowest BCUT2D eigenvalue weighted by Crippen LogP contribution is -2.22. The van der Waals surface area contributed by atoms with E-state index in [1.165, 1.54) is 27.5 Å². The second-order valence-corrected chi connectivity index (χ2v) is 7.04. The first-order valence-corrected chi connectivity index (χ1v) is 10.3. The monoisotopic (exact) mass is 453 g/mol. The molecular weight excluding hydrogens is 426 g/mol. The fourth-order valence-corrected chi connectivity index (χ4v) is 3.36. The highest BCUT2D eigenvalue weighted by atomic mass is 16.5. The summed E-state index contributed by atoms with van der Waals surface area (Å²) in [7, 11) is 4.62. The summed E-state index contributed by atoms with van der Waals surface area (Å²) >= 11 is 0. The quantitative estimate of drug-likeness (QED) is 0.496. The molecule has 1 heterocycles. The van der Waals surface area contributed by atoms with E-state index in [0.29, 0.717) is 40.7 Å². The number of ether oxygens (including phenoxy) is 4. The van der Waals surface area contributed by atoms with E-state index < -0.39 is 5.97 Å². The molecule has 0 bridgehead atoms. The molecule has 0 aliphatic heterocycles. The van der Waals surface area contributed by atoms with E-state index in [1.807, 2.05) is 0 Å². The molecule has 3 aromatic rings. The van der Waals surface area contributed by atoms with Crippen LogP contribution in [0.25, 0.3) is 5.69 Å². The molecule has 0 fully saturated rings. The first-order chi connectivity index (χ1) is 15.9. The molecule has 0 atom stereocenters. The number of esters is 1. The third-order valence-corrected chi connectivity index (χ3v) is 5.06. The molecule has 0 radical (unpaired) electrons. The molecule has 3 rings (SSSR count). The van der Waals surface area contributed by atoms with Crippen LogP contribution in [0.15, 0.2) is 42.6 Å². The minimum absolute atomic E-state index is 0.236. The average molecular weight is 453 g/mol. The molecule has 0 unspecified atom stereocenters. The average Bonchev–Trinajstić information content (AvgIpc) is 3.23. The van der Waals surface area contributed by atoms with Crippen LogP contribution in [0, 0.1) is 6.92 Å². The van der Waals surface area contributed by atoms with Gasteiger partial charge >= 0.3 is 5.97 Å². The van der Waals surface area contributed by atoms with Crippen LogP contribution in [-0.2, 0) is 11.3 Å². The number of benzene rings is 2. The SMILES string of the molecule is CCOC(=O)c1cnn(-c2ccc(C(=O)NCc3cc(OC)c(OC)c(OC)c3)cc2)c1C. The Labute approximate surface area is 192 Å². The Bertz CT molecular complexity index is 1110. The molecule has 2 aromatic carbocycles. The van der Waals surface area contributed by atoms with Crippen molar-refractivity contribution in [2.45, 2.75) is 20.4 Å². The molecular formula is C24H27N3O6. The molecule has 33 heavy (non-hydrogen) atoms. The van der Waals surface area contributed by atoms with Crippen LogP contribution in [0.5, 0.6) is 17.2 Å². The highest BCUT2D eigenvalue weighted by Crippen LogP contribution is 2.38. The number of nitrogens with one attached hydrogen (secondary N) is 1. The van der Waals surface area contributed by atoms with Gasteiger partial charge in [0.15, 0.2) is 11.5 Å². The predicted molar refractivity (Wildman–Crippen MR) is 122 cm³/mol. The predicted octanol–water partition coefficient (Wildman–Crippen LogP) is 3.31. The van der Waals surface area contributed by atoms with Gasteiger partial charge in [-0.2, -0.15) is 5.10 Å². The summed E-state index contributed by atoms with van der Waals surface area (Å²) in [5.41, 5.74) is 3.08. The van der Waals surface area contributed by atoms with Gasteiger partial charge in [-0.15, -0.1) is 0 Å². The lowest BCUT2D eigenvalue weighted by molar-refractivity contribution is 0.0525. The third kappa shape index (κ3) is 5.08. The zero-order valence-corrected chi connectivity index (χ0v) is 19.3. The Morgan fingerprint density at radius 3 is 2.18 bits per heavy atom. The minimum Gasteiger partial charge on any atom is -0.493 e. The number of methoxy groups -OCH3 is 3. The van der Waals surface area contributed by atoms with Gasteiger partial charge in [-0.3, -0.25) is 4.79 Å². The van der Waals surface area contributed by atoms with Gasteiger partial charge in [-0.25, -0.2) is 9.48 Å². The molecule has 0 saturated carbocycles. The first-order valence-electron chi connectivity index (χ1n) is 10.3. The van der Waals surface area contributed by atoms with Gasteiger partial charge in [0.1, 0.15) is 5.56 Å². The summed E-state index contributed by atoms with van der Waals surface area (Å²) in [4.78, 5) is 24.7. The topological polar surface area (TPSA) is 101 Å². The Morgan fingerprint density at radius 2 is 1.64 bits per heavy atom. The molecule has 1 aromatic heterocycles. The molecule has 0 aliphatic carbocycles. The van der Waals surface area contributed by atoms with Crippen molar-refractivity contribution in [1.82, 2.24) is 15.1 Å². The Balaban J connectivity index is 1.71. The van der Waals surface area contributed by atoms with Crippen molar-refractivity contribution >= 4 is 11.9 Å². The number of amides is 1. The van der Waals surface area contributed by atoms with Crippen LogP contribution in [0.4, 0.5) is 0 Å². The summed E-state index contributed by atoms with van der Waals surface area (Å²) in [5.74, 6) is 0.874. The van der Waals surface area contributed by atoms with Crippen molar-refractivity contribution in [3.05, 3.63) is 65.0 Å². The van der Waals surface area contributed by atoms with Gasteiger partial charge in [-0.05, 0) is 55.8 Å². The van der Waals surface area contributed by atoms with E-state index in [4.69, 9.17) is 18.9 Å². The highest BCUT2D eigenvalue weighted by Gasteiger charge is 2.17.